The highest BCUT2D eigenvalue weighted by Crippen LogP contribution is 2.35. The van der Waals surface area contributed by atoms with Crippen LogP contribution < -0.4 is 10.2 Å². The number of nitrogens with zero attached hydrogens (tertiary/aromatic N) is 1. The Kier molecular flexibility index (Phi) is 8.13. The van der Waals surface area contributed by atoms with Gasteiger partial charge in [0.05, 0.1) is 6.54 Å². The number of carbonyl (C=O) groups is 2. The van der Waals surface area contributed by atoms with Crippen molar-refractivity contribution in [3.8, 4) is 0 Å². The first-order valence-electron chi connectivity index (χ1n) is 11.3. The summed E-state index contributed by atoms with van der Waals surface area (Å²) in [5.41, 5.74) is 1.35. The summed E-state index contributed by atoms with van der Waals surface area (Å²) in [6.45, 7) is -0.892. The highest BCUT2D eigenvalue weighted by Gasteiger charge is 2.36. The summed E-state index contributed by atoms with van der Waals surface area (Å²) in [6, 6.07) is 33.1. The lowest BCUT2D eigenvalue weighted by atomic mass is 10.0. The average molecular weight is 503 g/mol. The van der Waals surface area contributed by atoms with Gasteiger partial charge < -0.3 is 5.32 Å². The van der Waals surface area contributed by atoms with Crippen LogP contribution in [-0.4, -0.2) is 23.6 Å². The van der Waals surface area contributed by atoms with E-state index in [1.54, 1.807) is 121 Å². The Hall–Kier alpha value is -3.97. The minimum atomic E-state index is -3.25. The molecule has 4 aromatic rings. The normalized spacial score (nSPS) is 11.9. The fourth-order valence-corrected chi connectivity index (χ4v) is 4.51. The number of carbonyl (C=O) groups excluding carboxylic acids is 2. The molecular formula is C29H24F2N2O2S. The maximum Gasteiger partial charge on any atom is 0.315 e. The molecule has 0 heterocycles. The molecule has 0 spiro atoms. The van der Waals surface area contributed by atoms with Crippen LogP contribution in [0, 0.1) is 0 Å². The summed E-state index contributed by atoms with van der Waals surface area (Å²) in [5.74, 6) is -1.13. The Labute approximate surface area is 213 Å². The van der Waals surface area contributed by atoms with Crippen LogP contribution in [0.1, 0.15) is 22.0 Å². The zero-order valence-electron chi connectivity index (χ0n) is 19.3. The molecule has 182 valence electrons. The average Bonchev–Trinajstić information content (AvgIpc) is 2.92. The smallest absolute Gasteiger partial charge is 0.315 e. The van der Waals surface area contributed by atoms with E-state index in [4.69, 9.17) is 0 Å². The molecule has 0 aliphatic heterocycles. The molecule has 4 rings (SSSR count). The highest BCUT2D eigenvalue weighted by molar-refractivity contribution is 8.00. The zero-order valence-corrected chi connectivity index (χ0v) is 20.1. The molecule has 0 aliphatic rings. The third-order valence-corrected chi connectivity index (χ3v) is 6.33. The van der Waals surface area contributed by atoms with Crippen LogP contribution in [0.15, 0.2) is 126 Å². The van der Waals surface area contributed by atoms with Gasteiger partial charge in [0.15, 0.2) is 0 Å². The number of hydrogen-bond donors (Lipinski definition) is 1. The highest BCUT2D eigenvalue weighted by atomic mass is 32.2. The van der Waals surface area contributed by atoms with Crippen molar-refractivity contribution in [1.82, 2.24) is 5.32 Å². The lowest BCUT2D eigenvalue weighted by Crippen LogP contribution is -2.46. The van der Waals surface area contributed by atoms with E-state index >= 15 is 0 Å². The molecule has 0 fully saturated rings. The molecule has 0 saturated heterocycles. The van der Waals surface area contributed by atoms with E-state index in [1.165, 1.54) is 4.90 Å². The van der Waals surface area contributed by atoms with Gasteiger partial charge in [-0.15, -0.1) is 0 Å². The Bertz CT molecular complexity index is 1270. The molecule has 1 unspecified atom stereocenters. The fraction of sp³-hybridized carbons (Fsp3) is 0.103. The van der Waals surface area contributed by atoms with Crippen LogP contribution in [0.5, 0.6) is 0 Å². The number of halogens is 2. The number of alkyl halides is 2. The van der Waals surface area contributed by atoms with Crippen LogP contribution in [-0.2, 0) is 4.79 Å². The van der Waals surface area contributed by atoms with E-state index in [0.717, 1.165) is 0 Å². The van der Waals surface area contributed by atoms with Crippen molar-refractivity contribution >= 4 is 29.3 Å². The zero-order chi connectivity index (χ0) is 25.4. The molecular weight excluding hydrogens is 478 g/mol. The largest absolute Gasteiger partial charge is 0.347 e. The Morgan fingerprint density at radius 3 is 1.83 bits per heavy atom. The quantitative estimate of drug-likeness (QED) is 0.263. The van der Waals surface area contributed by atoms with Gasteiger partial charge in [-0.3, -0.25) is 14.5 Å². The standard InChI is InChI=1S/C29H24F2N2O2S/c30-29(31,36-25-19-11-4-12-20-25)21-32-27(34)26(22-13-5-1-6-14-22)33(24-17-9-3-10-18-24)28(35)23-15-7-2-8-16-23/h1-20,26H,21H2,(H,32,34). The van der Waals surface area contributed by atoms with Crippen LogP contribution >= 0.6 is 11.8 Å². The Balaban J connectivity index is 1.66. The van der Waals surface area contributed by atoms with Gasteiger partial charge in [0.25, 0.3) is 5.91 Å². The number of anilines is 1. The van der Waals surface area contributed by atoms with Gasteiger partial charge in [-0.25, -0.2) is 0 Å². The maximum atomic E-state index is 14.8. The summed E-state index contributed by atoms with van der Waals surface area (Å²) in [6.07, 6.45) is 0. The van der Waals surface area contributed by atoms with E-state index in [1.807, 2.05) is 0 Å². The van der Waals surface area contributed by atoms with Crippen LogP contribution in [0.25, 0.3) is 0 Å². The lowest BCUT2D eigenvalue weighted by Gasteiger charge is -2.32. The van der Waals surface area contributed by atoms with Gasteiger partial charge in [0.2, 0.25) is 5.91 Å². The predicted molar refractivity (Wildman–Crippen MR) is 139 cm³/mol. The summed E-state index contributed by atoms with van der Waals surface area (Å²) >= 11 is 0.375. The molecule has 1 N–H and O–H groups in total. The van der Waals surface area contributed by atoms with Gasteiger partial charge >= 0.3 is 5.25 Å². The molecule has 2 amide bonds. The summed E-state index contributed by atoms with van der Waals surface area (Å²) in [5, 5.41) is -0.856. The molecule has 1 atom stereocenters. The monoisotopic (exact) mass is 502 g/mol. The number of para-hydroxylation sites is 1. The van der Waals surface area contributed by atoms with E-state index in [9.17, 15) is 18.4 Å². The molecule has 0 radical (unpaired) electrons. The van der Waals surface area contributed by atoms with Crippen molar-refractivity contribution in [2.45, 2.75) is 16.2 Å². The second kappa shape index (κ2) is 11.6. The molecule has 0 saturated carbocycles. The third-order valence-electron chi connectivity index (χ3n) is 5.37. The number of benzene rings is 4. The second-order valence-electron chi connectivity index (χ2n) is 7.96. The van der Waals surface area contributed by atoms with E-state index in [-0.39, 0.29) is 0 Å². The van der Waals surface area contributed by atoms with E-state index in [2.05, 4.69) is 5.32 Å². The Morgan fingerprint density at radius 1 is 0.750 bits per heavy atom. The molecule has 0 aromatic heterocycles. The van der Waals surface area contributed by atoms with Gasteiger partial charge in [-0.1, -0.05) is 96.7 Å². The SMILES string of the molecule is O=C(NCC(F)(F)Sc1ccccc1)C(c1ccccc1)N(C(=O)c1ccccc1)c1ccccc1. The van der Waals surface area contributed by atoms with Crippen molar-refractivity contribution in [3.63, 3.8) is 0 Å². The first-order valence-corrected chi connectivity index (χ1v) is 12.1. The number of rotatable bonds is 9. The van der Waals surface area contributed by atoms with Gasteiger partial charge in [0.1, 0.15) is 6.04 Å². The van der Waals surface area contributed by atoms with E-state index in [0.29, 0.717) is 33.5 Å². The summed E-state index contributed by atoms with van der Waals surface area (Å²) in [4.78, 5) is 29.0. The molecule has 36 heavy (non-hydrogen) atoms. The number of nitrogens with one attached hydrogen (secondary N) is 1. The summed E-state index contributed by atoms with van der Waals surface area (Å²) in [7, 11) is 0. The molecule has 4 aromatic carbocycles. The van der Waals surface area contributed by atoms with Crippen molar-refractivity contribution in [3.05, 3.63) is 132 Å². The predicted octanol–water partition coefficient (Wildman–Crippen LogP) is 6.58. The van der Waals surface area contributed by atoms with E-state index < -0.39 is 29.7 Å². The molecule has 7 heteroatoms. The second-order valence-corrected chi connectivity index (χ2v) is 9.23. The van der Waals surface area contributed by atoms with Crippen LogP contribution in [0.2, 0.25) is 0 Å². The molecule has 0 aliphatic carbocycles. The van der Waals surface area contributed by atoms with Gasteiger partial charge in [-0.05, 0) is 42.0 Å². The Morgan fingerprint density at radius 2 is 1.25 bits per heavy atom. The minimum Gasteiger partial charge on any atom is -0.347 e. The van der Waals surface area contributed by atoms with Gasteiger partial charge in [-0.2, -0.15) is 8.78 Å². The van der Waals surface area contributed by atoms with Crippen LogP contribution in [0.3, 0.4) is 0 Å². The van der Waals surface area contributed by atoms with Crippen molar-refractivity contribution < 1.29 is 18.4 Å². The van der Waals surface area contributed by atoms with Gasteiger partial charge in [0, 0.05) is 16.1 Å². The number of hydrogen-bond acceptors (Lipinski definition) is 3. The maximum absolute atomic E-state index is 14.8. The van der Waals surface area contributed by atoms with Crippen molar-refractivity contribution in [1.29, 1.82) is 0 Å². The number of amides is 2. The number of thioether (sulfide) groups is 1. The van der Waals surface area contributed by atoms with Crippen molar-refractivity contribution in [2.24, 2.45) is 0 Å². The topological polar surface area (TPSA) is 49.4 Å². The van der Waals surface area contributed by atoms with Crippen LogP contribution in [0.4, 0.5) is 14.5 Å². The summed E-state index contributed by atoms with van der Waals surface area (Å²) < 4.78 is 29.5. The molecule has 0 bridgehead atoms. The minimum absolute atomic E-state index is 0.375. The third kappa shape index (κ3) is 6.37. The van der Waals surface area contributed by atoms with Crippen molar-refractivity contribution in [2.75, 3.05) is 11.4 Å². The first kappa shape index (κ1) is 25.1. The first-order chi connectivity index (χ1) is 17.4. The fourth-order valence-electron chi connectivity index (χ4n) is 3.73. The lowest BCUT2D eigenvalue weighted by molar-refractivity contribution is -0.123. The molecule has 4 nitrogen and oxygen atoms in total.